The minimum atomic E-state index is -0.598. The van der Waals surface area contributed by atoms with Crippen LogP contribution >= 0.6 is 0 Å². The quantitative estimate of drug-likeness (QED) is 0.587. The van der Waals surface area contributed by atoms with Crippen LogP contribution in [0.1, 0.15) is 25.7 Å². The van der Waals surface area contributed by atoms with Gasteiger partial charge in [-0.1, -0.05) is 0 Å². The molecule has 6 atom stereocenters. The average Bonchev–Trinajstić information content (AvgIpc) is 2.52. The highest BCUT2D eigenvalue weighted by molar-refractivity contribution is 5.85. The Kier molecular flexibility index (Phi) is 1.77. The van der Waals surface area contributed by atoms with Gasteiger partial charge >= 0.3 is 0 Å². The maximum absolute atomic E-state index is 11.7. The standard InChI is InChI=1S/C11H16O3/c12-8-3-6-1-5-2-10(14)11(6)7(5)4-9(8)13/h5-9,11-13H,1-4H2/t5-,6-,7+,8-,9+,11-/m0/s1. The van der Waals surface area contributed by atoms with Crippen LogP contribution < -0.4 is 0 Å². The Morgan fingerprint density at radius 1 is 1.00 bits per heavy atom. The lowest BCUT2D eigenvalue weighted by molar-refractivity contribution is -0.123. The molecular weight excluding hydrogens is 180 g/mol. The molecule has 0 aromatic heterocycles. The van der Waals surface area contributed by atoms with Crippen molar-refractivity contribution >= 4 is 5.78 Å². The molecule has 0 unspecified atom stereocenters. The molecule has 0 aromatic rings. The Morgan fingerprint density at radius 3 is 2.50 bits per heavy atom. The van der Waals surface area contributed by atoms with Gasteiger partial charge in [0.25, 0.3) is 0 Å². The van der Waals surface area contributed by atoms with Gasteiger partial charge in [-0.15, -0.1) is 0 Å². The van der Waals surface area contributed by atoms with Gasteiger partial charge in [-0.3, -0.25) is 4.79 Å². The lowest BCUT2D eigenvalue weighted by atomic mass is 9.84. The zero-order valence-corrected chi connectivity index (χ0v) is 8.10. The molecule has 78 valence electrons. The minimum Gasteiger partial charge on any atom is -0.390 e. The molecule has 0 spiro atoms. The molecule has 3 heteroatoms. The van der Waals surface area contributed by atoms with Gasteiger partial charge in [0.1, 0.15) is 5.78 Å². The van der Waals surface area contributed by atoms with E-state index in [2.05, 4.69) is 0 Å². The summed E-state index contributed by atoms with van der Waals surface area (Å²) in [5.41, 5.74) is 0. The monoisotopic (exact) mass is 196 g/mol. The van der Waals surface area contributed by atoms with Gasteiger partial charge in [0, 0.05) is 12.3 Å². The topological polar surface area (TPSA) is 57.5 Å². The minimum absolute atomic E-state index is 0.173. The molecule has 3 saturated carbocycles. The van der Waals surface area contributed by atoms with Crippen LogP contribution in [-0.4, -0.2) is 28.2 Å². The summed E-state index contributed by atoms with van der Waals surface area (Å²) < 4.78 is 0. The van der Waals surface area contributed by atoms with E-state index < -0.39 is 12.2 Å². The van der Waals surface area contributed by atoms with Crippen molar-refractivity contribution in [3.63, 3.8) is 0 Å². The molecule has 0 aliphatic heterocycles. The van der Waals surface area contributed by atoms with Gasteiger partial charge in [-0.25, -0.2) is 0 Å². The van der Waals surface area contributed by atoms with Gasteiger partial charge in [0.05, 0.1) is 12.2 Å². The third-order valence-electron chi connectivity index (χ3n) is 4.52. The smallest absolute Gasteiger partial charge is 0.136 e. The predicted octanol–water partition coefficient (Wildman–Crippen LogP) is 0.343. The maximum atomic E-state index is 11.7. The maximum Gasteiger partial charge on any atom is 0.136 e. The zero-order valence-electron chi connectivity index (χ0n) is 8.10. The molecule has 0 heterocycles. The Balaban J connectivity index is 1.91. The summed E-state index contributed by atoms with van der Waals surface area (Å²) >= 11 is 0. The number of hydrogen-bond donors (Lipinski definition) is 2. The number of aliphatic hydroxyl groups is 2. The first-order chi connectivity index (χ1) is 6.66. The number of Topliss-reactive ketones (excluding diaryl/α,β-unsaturated/α-hetero) is 1. The molecule has 3 fully saturated rings. The van der Waals surface area contributed by atoms with Crippen LogP contribution in [0.3, 0.4) is 0 Å². The van der Waals surface area contributed by atoms with E-state index in [1.165, 1.54) is 0 Å². The van der Waals surface area contributed by atoms with Crippen LogP contribution in [-0.2, 0) is 4.79 Å². The molecule has 2 N–H and O–H groups in total. The molecule has 0 aromatic carbocycles. The summed E-state index contributed by atoms with van der Waals surface area (Å²) in [6.45, 7) is 0. The van der Waals surface area contributed by atoms with Crippen molar-refractivity contribution in [3.8, 4) is 0 Å². The van der Waals surface area contributed by atoms with Gasteiger partial charge in [0.2, 0.25) is 0 Å². The molecule has 14 heavy (non-hydrogen) atoms. The van der Waals surface area contributed by atoms with Crippen molar-refractivity contribution in [2.75, 3.05) is 0 Å². The fourth-order valence-corrected chi connectivity index (χ4v) is 3.97. The van der Waals surface area contributed by atoms with E-state index in [1.54, 1.807) is 0 Å². The number of carbonyl (C=O) groups is 1. The normalized spacial score (nSPS) is 56.3. The lowest BCUT2D eigenvalue weighted by Gasteiger charge is -2.24. The number of carbonyl (C=O) groups excluding carboxylic acids is 1. The van der Waals surface area contributed by atoms with Crippen molar-refractivity contribution in [2.24, 2.45) is 23.7 Å². The lowest BCUT2D eigenvalue weighted by Crippen LogP contribution is -2.30. The third kappa shape index (κ3) is 1.03. The van der Waals surface area contributed by atoms with E-state index in [0.717, 1.165) is 12.8 Å². The Labute approximate surface area is 83.1 Å². The first kappa shape index (κ1) is 8.86. The Hall–Kier alpha value is -0.410. The summed E-state index contributed by atoms with van der Waals surface area (Å²) in [5, 5.41) is 19.3. The van der Waals surface area contributed by atoms with Crippen molar-refractivity contribution < 1.29 is 15.0 Å². The first-order valence-corrected chi connectivity index (χ1v) is 5.55. The second-order valence-electron chi connectivity index (χ2n) is 5.22. The molecule has 3 aliphatic rings. The van der Waals surface area contributed by atoms with Crippen LogP contribution in [0, 0.1) is 23.7 Å². The Morgan fingerprint density at radius 2 is 1.71 bits per heavy atom. The van der Waals surface area contributed by atoms with E-state index >= 15 is 0 Å². The molecule has 3 aliphatic carbocycles. The largest absolute Gasteiger partial charge is 0.390 e. The highest BCUT2D eigenvalue weighted by atomic mass is 16.3. The summed E-state index contributed by atoms with van der Waals surface area (Å²) in [4.78, 5) is 11.7. The van der Waals surface area contributed by atoms with Crippen molar-refractivity contribution in [1.82, 2.24) is 0 Å². The van der Waals surface area contributed by atoms with E-state index in [0.29, 0.717) is 36.4 Å². The van der Waals surface area contributed by atoms with Gasteiger partial charge in [-0.05, 0) is 37.0 Å². The van der Waals surface area contributed by atoms with Crippen molar-refractivity contribution in [2.45, 2.75) is 37.9 Å². The second-order valence-corrected chi connectivity index (χ2v) is 5.22. The first-order valence-electron chi connectivity index (χ1n) is 5.55. The number of rotatable bonds is 0. The van der Waals surface area contributed by atoms with Gasteiger partial charge in [0.15, 0.2) is 0 Å². The molecule has 3 nitrogen and oxygen atoms in total. The third-order valence-corrected chi connectivity index (χ3v) is 4.52. The number of ketones is 1. The SMILES string of the molecule is O=C1C[C@@H]2C[C@H]3C[C@H](O)[C@H](O)C[C@H]2[C@@H]13. The second kappa shape index (κ2) is 2.80. The summed E-state index contributed by atoms with van der Waals surface area (Å²) in [7, 11) is 0. The van der Waals surface area contributed by atoms with E-state index in [4.69, 9.17) is 0 Å². The molecule has 0 radical (unpaired) electrons. The average molecular weight is 196 g/mol. The molecule has 4 bridgehead atoms. The van der Waals surface area contributed by atoms with Crippen LogP contribution in [0.4, 0.5) is 0 Å². The van der Waals surface area contributed by atoms with Crippen LogP contribution in [0.25, 0.3) is 0 Å². The highest BCUT2D eigenvalue weighted by Gasteiger charge is 2.55. The molecule has 0 saturated heterocycles. The summed E-state index contributed by atoms with van der Waals surface area (Å²) in [5.74, 6) is 1.81. The van der Waals surface area contributed by atoms with Crippen molar-refractivity contribution in [1.29, 1.82) is 0 Å². The van der Waals surface area contributed by atoms with Crippen LogP contribution in [0.15, 0.2) is 0 Å². The predicted molar refractivity (Wildman–Crippen MR) is 49.4 cm³/mol. The fraction of sp³-hybridized carbons (Fsp3) is 0.909. The van der Waals surface area contributed by atoms with Crippen LogP contribution in [0.2, 0.25) is 0 Å². The molecule has 3 rings (SSSR count). The van der Waals surface area contributed by atoms with E-state index in [1.807, 2.05) is 0 Å². The Bertz CT molecular complexity index is 276. The van der Waals surface area contributed by atoms with Crippen LogP contribution in [0.5, 0.6) is 0 Å². The van der Waals surface area contributed by atoms with Gasteiger partial charge < -0.3 is 10.2 Å². The van der Waals surface area contributed by atoms with Crippen molar-refractivity contribution in [3.05, 3.63) is 0 Å². The van der Waals surface area contributed by atoms with E-state index in [9.17, 15) is 15.0 Å². The number of hydrogen-bond acceptors (Lipinski definition) is 3. The number of aliphatic hydroxyl groups excluding tert-OH is 2. The fourth-order valence-electron chi connectivity index (χ4n) is 3.97. The zero-order chi connectivity index (χ0) is 9.87. The molecule has 0 amide bonds. The van der Waals surface area contributed by atoms with Gasteiger partial charge in [-0.2, -0.15) is 0 Å². The summed E-state index contributed by atoms with van der Waals surface area (Å²) in [6.07, 6.45) is 1.91. The molecular formula is C11H16O3. The van der Waals surface area contributed by atoms with E-state index in [-0.39, 0.29) is 5.92 Å². The summed E-state index contributed by atoms with van der Waals surface area (Å²) in [6, 6.07) is 0. The highest BCUT2D eigenvalue weighted by Crippen LogP contribution is 2.55.